The van der Waals surface area contributed by atoms with Gasteiger partial charge in [0.25, 0.3) is 0 Å². The highest BCUT2D eigenvalue weighted by Gasteiger charge is 2.13. The summed E-state index contributed by atoms with van der Waals surface area (Å²) >= 11 is 3.27. The van der Waals surface area contributed by atoms with Crippen LogP contribution in [-0.2, 0) is 11.8 Å². The molecule has 0 radical (unpaired) electrons. The van der Waals surface area contributed by atoms with E-state index in [1.54, 1.807) is 29.7 Å². The van der Waals surface area contributed by atoms with Crippen LogP contribution in [0.15, 0.2) is 46.7 Å². The van der Waals surface area contributed by atoms with E-state index < -0.39 is 6.04 Å². The van der Waals surface area contributed by atoms with Crippen LogP contribution in [0.4, 0.5) is 5.69 Å². The van der Waals surface area contributed by atoms with Crippen molar-refractivity contribution in [1.82, 2.24) is 9.55 Å². The number of carbonyl (C=O) groups is 1. The molecule has 0 saturated heterocycles. The highest BCUT2D eigenvalue weighted by atomic mass is 32.2. The van der Waals surface area contributed by atoms with Crippen LogP contribution in [0.3, 0.4) is 0 Å². The first-order valence-corrected chi connectivity index (χ1v) is 9.12. The molecule has 1 aromatic heterocycles. The maximum absolute atomic E-state index is 11.9. The first-order chi connectivity index (χ1) is 10.6. The average Bonchev–Trinajstić information content (AvgIpc) is 2.92. The summed E-state index contributed by atoms with van der Waals surface area (Å²) in [5.41, 5.74) is 6.61. The molecule has 2 aromatic rings. The van der Waals surface area contributed by atoms with Crippen molar-refractivity contribution >= 4 is 35.1 Å². The van der Waals surface area contributed by atoms with Gasteiger partial charge in [-0.25, -0.2) is 4.98 Å². The number of imidazole rings is 1. The molecule has 1 aromatic carbocycles. The molecule has 1 atom stereocenters. The molecule has 0 bridgehead atoms. The molecule has 118 valence electrons. The molecule has 0 unspecified atom stereocenters. The van der Waals surface area contributed by atoms with Crippen LogP contribution in [0, 0.1) is 0 Å². The fourth-order valence-electron chi connectivity index (χ4n) is 1.77. The molecule has 5 nitrogen and oxygen atoms in total. The highest BCUT2D eigenvalue weighted by Crippen LogP contribution is 2.26. The molecule has 0 fully saturated rings. The lowest BCUT2D eigenvalue weighted by atomic mass is 10.2. The van der Waals surface area contributed by atoms with Crippen LogP contribution in [0.2, 0.25) is 0 Å². The SMILES string of the molecule is CSCC[C@H](N)C(=O)Nc1ccc(Sc2nccn2C)cc1. The third-order valence-electron chi connectivity index (χ3n) is 3.08. The van der Waals surface area contributed by atoms with Gasteiger partial charge in [0.1, 0.15) is 0 Å². The molecular formula is C15H20N4OS2. The Morgan fingerprint density at radius 2 is 2.14 bits per heavy atom. The minimum absolute atomic E-state index is 0.140. The number of hydrogen-bond donors (Lipinski definition) is 2. The number of nitrogens with one attached hydrogen (secondary N) is 1. The van der Waals surface area contributed by atoms with Gasteiger partial charge in [-0.05, 0) is 42.7 Å². The van der Waals surface area contributed by atoms with Crippen molar-refractivity contribution in [2.45, 2.75) is 22.5 Å². The topological polar surface area (TPSA) is 72.9 Å². The first kappa shape index (κ1) is 16.9. The Labute approximate surface area is 139 Å². The maximum Gasteiger partial charge on any atom is 0.241 e. The summed E-state index contributed by atoms with van der Waals surface area (Å²) in [5.74, 6) is 0.743. The van der Waals surface area contributed by atoms with E-state index in [9.17, 15) is 4.79 Å². The number of amides is 1. The van der Waals surface area contributed by atoms with Gasteiger partial charge in [0.05, 0.1) is 6.04 Å². The van der Waals surface area contributed by atoms with E-state index in [0.29, 0.717) is 6.42 Å². The number of nitrogens with zero attached hydrogens (tertiary/aromatic N) is 2. The predicted octanol–water partition coefficient (Wildman–Crippen LogP) is 2.59. The number of thioether (sulfide) groups is 1. The Morgan fingerprint density at radius 3 is 2.73 bits per heavy atom. The normalized spacial score (nSPS) is 12.1. The van der Waals surface area contributed by atoms with Crippen molar-refractivity contribution < 1.29 is 4.79 Å². The van der Waals surface area contributed by atoms with Crippen molar-refractivity contribution in [3.8, 4) is 0 Å². The summed E-state index contributed by atoms with van der Waals surface area (Å²) < 4.78 is 1.96. The van der Waals surface area contributed by atoms with Gasteiger partial charge >= 0.3 is 0 Å². The van der Waals surface area contributed by atoms with Crippen LogP contribution in [-0.4, -0.2) is 33.5 Å². The molecule has 1 heterocycles. The molecule has 7 heteroatoms. The number of anilines is 1. The molecule has 2 rings (SSSR count). The van der Waals surface area contributed by atoms with E-state index in [1.807, 2.05) is 48.3 Å². The zero-order valence-corrected chi connectivity index (χ0v) is 14.3. The van der Waals surface area contributed by atoms with E-state index >= 15 is 0 Å². The number of aryl methyl sites for hydroxylation is 1. The third kappa shape index (κ3) is 4.79. The summed E-state index contributed by atoms with van der Waals surface area (Å²) in [4.78, 5) is 17.3. The van der Waals surface area contributed by atoms with Crippen LogP contribution in [0.1, 0.15) is 6.42 Å². The Kier molecular flexibility index (Phi) is 6.35. The summed E-state index contributed by atoms with van der Waals surface area (Å²) in [6, 6.07) is 7.22. The number of carbonyl (C=O) groups excluding carboxylic acids is 1. The monoisotopic (exact) mass is 336 g/mol. The quantitative estimate of drug-likeness (QED) is 0.813. The van der Waals surface area contributed by atoms with Gasteiger partial charge in [0.2, 0.25) is 5.91 Å². The largest absolute Gasteiger partial charge is 0.329 e. The summed E-state index contributed by atoms with van der Waals surface area (Å²) in [6.45, 7) is 0. The van der Waals surface area contributed by atoms with Gasteiger partial charge in [-0.1, -0.05) is 11.8 Å². The van der Waals surface area contributed by atoms with E-state index in [0.717, 1.165) is 21.5 Å². The smallest absolute Gasteiger partial charge is 0.241 e. The predicted molar refractivity (Wildman–Crippen MR) is 93.4 cm³/mol. The van der Waals surface area contributed by atoms with Crippen molar-refractivity contribution in [3.63, 3.8) is 0 Å². The van der Waals surface area contributed by atoms with Gasteiger partial charge in [0.15, 0.2) is 5.16 Å². The Morgan fingerprint density at radius 1 is 1.41 bits per heavy atom. The second-order valence-corrected chi connectivity index (χ2v) is 6.85. The standard InChI is InChI=1S/C15H20N4OS2/c1-19-9-8-17-15(19)22-12-5-3-11(4-6-12)18-14(20)13(16)7-10-21-2/h3-6,8-9,13H,7,10,16H2,1-2H3,(H,18,20)/t13-/m0/s1. The molecular weight excluding hydrogens is 316 g/mol. The van der Waals surface area contributed by atoms with E-state index in [2.05, 4.69) is 10.3 Å². The molecule has 0 spiro atoms. The van der Waals surface area contributed by atoms with Crippen molar-refractivity contribution in [3.05, 3.63) is 36.7 Å². The Hall–Kier alpha value is -1.44. The lowest BCUT2D eigenvalue weighted by Gasteiger charge is -2.12. The van der Waals surface area contributed by atoms with Gasteiger partial charge in [0, 0.05) is 30.0 Å². The number of hydrogen-bond acceptors (Lipinski definition) is 5. The summed E-state index contributed by atoms with van der Waals surface area (Å²) in [7, 11) is 1.96. The lowest BCUT2D eigenvalue weighted by molar-refractivity contribution is -0.117. The Bertz CT molecular complexity index is 612. The second kappa shape index (κ2) is 8.26. The van der Waals surface area contributed by atoms with E-state index in [-0.39, 0.29) is 5.91 Å². The number of aromatic nitrogens is 2. The van der Waals surface area contributed by atoms with Crippen molar-refractivity contribution in [1.29, 1.82) is 0 Å². The zero-order valence-electron chi connectivity index (χ0n) is 12.7. The fraction of sp³-hybridized carbons (Fsp3) is 0.333. The van der Waals surface area contributed by atoms with Gasteiger partial charge in [-0.3, -0.25) is 4.79 Å². The van der Waals surface area contributed by atoms with E-state index in [1.165, 1.54) is 0 Å². The molecule has 1 amide bonds. The fourth-order valence-corrected chi connectivity index (χ4v) is 3.06. The van der Waals surface area contributed by atoms with Crippen LogP contribution < -0.4 is 11.1 Å². The number of rotatable bonds is 7. The van der Waals surface area contributed by atoms with Crippen LogP contribution in [0.25, 0.3) is 0 Å². The van der Waals surface area contributed by atoms with Crippen molar-refractivity contribution in [2.75, 3.05) is 17.3 Å². The highest BCUT2D eigenvalue weighted by molar-refractivity contribution is 7.99. The third-order valence-corrected chi connectivity index (χ3v) is 4.81. The van der Waals surface area contributed by atoms with E-state index in [4.69, 9.17) is 5.73 Å². The molecule has 3 N–H and O–H groups in total. The molecule has 0 saturated carbocycles. The maximum atomic E-state index is 11.9. The van der Waals surface area contributed by atoms with Gasteiger partial charge in [-0.2, -0.15) is 11.8 Å². The number of benzene rings is 1. The van der Waals surface area contributed by atoms with Crippen molar-refractivity contribution in [2.24, 2.45) is 12.8 Å². The summed E-state index contributed by atoms with van der Waals surface area (Å²) in [5, 5.41) is 3.77. The number of nitrogens with two attached hydrogens (primary N) is 1. The first-order valence-electron chi connectivity index (χ1n) is 6.91. The minimum atomic E-state index is -0.464. The van der Waals surface area contributed by atoms with Crippen LogP contribution >= 0.6 is 23.5 Å². The molecule has 0 aliphatic rings. The average molecular weight is 336 g/mol. The lowest BCUT2D eigenvalue weighted by Crippen LogP contribution is -2.36. The zero-order chi connectivity index (χ0) is 15.9. The summed E-state index contributed by atoms with van der Waals surface area (Å²) in [6.07, 6.45) is 6.36. The van der Waals surface area contributed by atoms with Crippen LogP contribution in [0.5, 0.6) is 0 Å². The molecule has 0 aliphatic heterocycles. The molecule has 0 aliphatic carbocycles. The molecule has 22 heavy (non-hydrogen) atoms. The second-order valence-electron chi connectivity index (χ2n) is 4.82. The van der Waals surface area contributed by atoms with Gasteiger partial charge < -0.3 is 15.6 Å². The van der Waals surface area contributed by atoms with Gasteiger partial charge in [-0.15, -0.1) is 0 Å². The minimum Gasteiger partial charge on any atom is -0.329 e. The Balaban J connectivity index is 1.91.